The number of nitrogens with zero attached hydrogens (tertiary/aromatic N) is 2. The van der Waals surface area contributed by atoms with Gasteiger partial charge in [-0.2, -0.15) is 0 Å². The van der Waals surface area contributed by atoms with Crippen molar-refractivity contribution in [2.45, 2.75) is 6.92 Å². The third-order valence-corrected chi connectivity index (χ3v) is 3.85. The summed E-state index contributed by atoms with van der Waals surface area (Å²) in [6, 6.07) is 14.7. The molecule has 1 aliphatic rings. The average molecular weight is 348 g/mol. The fourth-order valence-corrected chi connectivity index (χ4v) is 2.50. The fourth-order valence-electron chi connectivity index (χ4n) is 2.50. The minimum Gasteiger partial charge on any atom is -0.454 e. The predicted molar refractivity (Wildman–Crippen MR) is 97.0 cm³/mol. The lowest BCUT2D eigenvalue weighted by Gasteiger charge is -2.08. The topological polar surface area (TPSA) is 85.4 Å². The normalized spacial score (nSPS) is 11.9. The van der Waals surface area contributed by atoms with E-state index in [9.17, 15) is 4.79 Å². The molecule has 1 aliphatic heterocycles. The van der Waals surface area contributed by atoms with E-state index in [2.05, 4.69) is 20.6 Å². The maximum atomic E-state index is 12.5. The molecule has 0 unspecified atom stereocenters. The van der Waals surface area contributed by atoms with Crippen LogP contribution in [0.1, 0.15) is 16.1 Å². The molecule has 4 rings (SSSR count). The Kier molecular flexibility index (Phi) is 4.10. The van der Waals surface area contributed by atoms with Crippen LogP contribution in [0.15, 0.2) is 54.9 Å². The van der Waals surface area contributed by atoms with Crippen LogP contribution in [0.3, 0.4) is 0 Å². The van der Waals surface area contributed by atoms with Crippen molar-refractivity contribution in [2.24, 2.45) is 0 Å². The summed E-state index contributed by atoms with van der Waals surface area (Å²) in [5.74, 6) is 1.47. The van der Waals surface area contributed by atoms with Crippen molar-refractivity contribution in [1.29, 1.82) is 0 Å². The zero-order chi connectivity index (χ0) is 17.9. The van der Waals surface area contributed by atoms with Crippen LogP contribution >= 0.6 is 0 Å². The van der Waals surface area contributed by atoms with Crippen LogP contribution in [0.2, 0.25) is 0 Å². The number of amides is 1. The van der Waals surface area contributed by atoms with Crippen molar-refractivity contribution in [2.75, 3.05) is 17.4 Å². The number of fused-ring (bicyclic) bond motifs is 1. The molecule has 7 nitrogen and oxygen atoms in total. The number of nitrogens with one attached hydrogen (secondary N) is 2. The van der Waals surface area contributed by atoms with E-state index >= 15 is 0 Å². The maximum Gasteiger partial charge on any atom is 0.274 e. The highest BCUT2D eigenvalue weighted by molar-refractivity contribution is 6.03. The molecule has 1 amide bonds. The van der Waals surface area contributed by atoms with Crippen molar-refractivity contribution in [3.63, 3.8) is 0 Å². The number of aryl methyl sites for hydroxylation is 1. The highest BCUT2D eigenvalue weighted by Crippen LogP contribution is 2.34. The third-order valence-electron chi connectivity index (χ3n) is 3.85. The number of ether oxygens (including phenoxy) is 2. The maximum absolute atomic E-state index is 12.5. The quantitative estimate of drug-likeness (QED) is 0.750. The molecule has 130 valence electrons. The molecule has 2 heterocycles. The lowest BCUT2D eigenvalue weighted by Crippen LogP contribution is -2.14. The van der Waals surface area contributed by atoms with E-state index in [-0.39, 0.29) is 18.4 Å². The molecule has 3 aromatic rings. The smallest absolute Gasteiger partial charge is 0.274 e. The lowest BCUT2D eigenvalue weighted by atomic mass is 10.2. The summed E-state index contributed by atoms with van der Waals surface area (Å²) in [6.45, 7) is 2.21. The molecule has 2 N–H and O–H groups in total. The van der Waals surface area contributed by atoms with Crippen molar-refractivity contribution >= 4 is 23.1 Å². The van der Waals surface area contributed by atoms with Crippen LogP contribution in [0.5, 0.6) is 11.5 Å². The third kappa shape index (κ3) is 3.41. The Morgan fingerprint density at radius 1 is 0.962 bits per heavy atom. The van der Waals surface area contributed by atoms with Crippen LogP contribution in [0, 0.1) is 6.92 Å². The molecule has 0 radical (unpaired) electrons. The number of benzene rings is 2. The number of carbonyl (C=O) groups excluding carboxylic acids is 1. The minimum atomic E-state index is -0.335. The number of aromatic nitrogens is 2. The van der Waals surface area contributed by atoms with E-state index in [0.29, 0.717) is 23.0 Å². The Morgan fingerprint density at radius 3 is 2.58 bits per heavy atom. The van der Waals surface area contributed by atoms with Crippen LogP contribution in [0.25, 0.3) is 0 Å². The largest absolute Gasteiger partial charge is 0.454 e. The first-order valence-corrected chi connectivity index (χ1v) is 8.04. The van der Waals surface area contributed by atoms with Crippen molar-refractivity contribution in [1.82, 2.24) is 9.97 Å². The summed E-state index contributed by atoms with van der Waals surface area (Å²) in [5, 5.41) is 5.95. The first kappa shape index (κ1) is 15.9. The molecular weight excluding hydrogens is 332 g/mol. The van der Waals surface area contributed by atoms with E-state index in [1.807, 2.05) is 31.2 Å². The number of rotatable bonds is 4. The van der Waals surface area contributed by atoms with Gasteiger partial charge in [0.05, 0.1) is 0 Å². The average Bonchev–Trinajstić information content (AvgIpc) is 3.12. The van der Waals surface area contributed by atoms with E-state index in [4.69, 9.17) is 9.47 Å². The Bertz CT molecular complexity index is 957. The fraction of sp³-hybridized carbons (Fsp3) is 0.105. The summed E-state index contributed by atoms with van der Waals surface area (Å²) in [6.07, 6.45) is 1.35. The van der Waals surface area contributed by atoms with Gasteiger partial charge in [0.25, 0.3) is 5.91 Å². The summed E-state index contributed by atoms with van der Waals surface area (Å²) >= 11 is 0. The molecule has 0 saturated heterocycles. The van der Waals surface area contributed by atoms with Gasteiger partial charge in [-0.3, -0.25) is 4.79 Å². The molecular formula is C19H16N4O3. The number of hydrogen-bond acceptors (Lipinski definition) is 6. The zero-order valence-electron chi connectivity index (χ0n) is 14.0. The Hall–Kier alpha value is -3.61. The van der Waals surface area contributed by atoms with Crippen LogP contribution < -0.4 is 20.1 Å². The van der Waals surface area contributed by atoms with Gasteiger partial charge < -0.3 is 20.1 Å². The van der Waals surface area contributed by atoms with Gasteiger partial charge in [-0.05, 0) is 31.2 Å². The van der Waals surface area contributed by atoms with Crippen molar-refractivity contribution in [3.8, 4) is 11.5 Å². The van der Waals surface area contributed by atoms with E-state index < -0.39 is 0 Å². The Balaban J connectivity index is 1.48. The summed E-state index contributed by atoms with van der Waals surface area (Å²) in [7, 11) is 0. The second-order valence-corrected chi connectivity index (χ2v) is 5.80. The van der Waals surface area contributed by atoms with Crippen molar-refractivity contribution < 1.29 is 14.3 Å². The molecule has 0 spiro atoms. The Morgan fingerprint density at radius 2 is 1.73 bits per heavy atom. The van der Waals surface area contributed by atoms with Gasteiger partial charge in [0.15, 0.2) is 11.5 Å². The van der Waals surface area contributed by atoms with Gasteiger partial charge in [-0.25, -0.2) is 9.97 Å². The molecule has 7 heteroatoms. The number of anilines is 3. The molecule has 2 aromatic carbocycles. The van der Waals surface area contributed by atoms with Gasteiger partial charge in [0.2, 0.25) is 6.79 Å². The van der Waals surface area contributed by atoms with E-state index in [0.717, 1.165) is 5.69 Å². The predicted octanol–water partition coefficient (Wildman–Crippen LogP) is 3.51. The second kappa shape index (κ2) is 6.72. The first-order chi connectivity index (χ1) is 12.7. The van der Waals surface area contributed by atoms with Crippen LogP contribution in [-0.2, 0) is 0 Å². The summed E-state index contributed by atoms with van der Waals surface area (Å²) in [5.41, 5.74) is 2.91. The van der Waals surface area contributed by atoms with Crippen LogP contribution in [-0.4, -0.2) is 22.7 Å². The summed E-state index contributed by atoms with van der Waals surface area (Å²) < 4.78 is 10.6. The molecule has 0 fully saturated rings. The minimum absolute atomic E-state index is 0.187. The highest BCUT2D eigenvalue weighted by atomic mass is 16.7. The SMILES string of the molecule is Cc1ccc(Nc2cc(C(=O)Nc3ccc4c(c3)OCO4)ncn2)cc1. The van der Waals surface area contributed by atoms with Gasteiger partial charge in [-0.1, -0.05) is 17.7 Å². The second-order valence-electron chi connectivity index (χ2n) is 5.80. The molecule has 1 aromatic heterocycles. The monoisotopic (exact) mass is 348 g/mol. The van der Waals surface area contributed by atoms with Crippen molar-refractivity contribution in [3.05, 3.63) is 66.1 Å². The van der Waals surface area contributed by atoms with E-state index in [1.54, 1.807) is 24.3 Å². The zero-order valence-corrected chi connectivity index (χ0v) is 14.0. The molecule has 0 aliphatic carbocycles. The summed E-state index contributed by atoms with van der Waals surface area (Å²) in [4.78, 5) is 20.7. The number of carbonyl (C=O) groups is 1. The highest BCUT2D eigenvalue weighted by Gasteiger charge is 2.15. The lowest BCUT2D eigenvalue weighted by molar-refractivity contribution is 0.102. The van der Waals surface area contributed by atoms with Gasteiger partial charge in [-0.15, -0.1) is 0 Å². The molecule has 0 bridgehead atoms. The molecule has 26 heavy (non-hydrogen) atoms. The Labute approximate surface area is 150 Å². The number of hydrogen-bond donors (Lipinski definition) is 2. The molecule has 0 atom stereocenters. The first-order valence-electron chi connectivity index (χ1n) is 8.04. The van der Waals surface area contributed by atoms with Gasteiger partial charge in [0, 0.05) is 23.5 Å². The van der Waals surface area contributed by atoms with Gasteiger partial charge >= 0.3 is 0 Å². The van der Waals surface area contributed by atoms with Gasteiger partial charge in [0.1, 0.15) is 17.8 Å². The van der Waals surface area contributed by atoms with E-state index in [1.165, 1.54) is 11.9 Å². The van der Waals surface area contributed by atoms with Crippen LogP contribution in [0.4, 0.5) is 17.2 Å². The molecule has 0 saturated carbocycles. The standard InChI is InChI=1S/C19H16N4O3/c1-12-2-4-13(5-3-12)22-18-9-15(20-10-21-18)19(24)23-14-6-7-16-17(8-14)26-11-25-16/h2-10H,11H2,1H3,(H,23,24)(H,20,21,22).